The first-order chi connectivity index (χ1) is 4.63. The lowest BCUT2D eigenvalue weighted by Crippen LogP contribution is -2.42. The number of hydrogen-bond acceptors (Lipinski definition) is 4. The second-order valence-corrected chi connectivity index (χ2v) is 1.79. The van der Waals surface area contributed by atoms with Crippen LogP contribution < -0.4 is 0 Å². The molecule has 0 saturated carbocycles. The molecule has 0 aliphatic rings. The van der Waals surface area contributed by atoms with Gasteiger partial charge in [-0.15, -0.1) is 0 Å². The molecule has 0 amide bonds. The van der Waals surface area contributed by atoms with Gasteiger partial charge >= 0.3 is 5.97 Å². The lowest BCUT2D eigenvalue weighted by Gasteiger charge is -2.27. The van der Waals surface area contributed by atoms with Crippen LogP contribution in [0.4, 0.5) is 0 Å². The third-order valence-corrected chi connectivity index (χ3v) is 1.27. The summed E-state index contributed by atoms with van der Waals surface area (Å²) in [5.41, 5.74) is 0.181. The zero-order chi connectivity index (χ0) is 8.20. The Labute approximate surface area is 60.6 Å². The van der Waals surface area contributed by atoms with Gasteiger partial charge in [0.15, 0.2) is 0 Å². The van der Waals surface area contributed by atoms with Crippen molar-refractivity contribution in [2.45, 2.75) is 12.9 Å². The van der Waals surface area contributed by atoms with E-state index < -0.39 is 5.97 Å². The SMILES string of the molecule is COC(OC)(OC)C(C)=N. The van der Waals surface area contributed by atoms with Crippen LogP contribution in [0.2, 0.25) is 0 Å². The second-order valence-electron chi connectivity index (χ2n) is 1.79. The number of rotatable bonds is 4. The molecule has 0 bridgehead atoms. The number of hydrogen-bond donors (Lipinski definition) is 1. The molecule has 0 spiro atoms. The molecule has 0 unspecified atom stereocenters. The smallest absolute Gasteiger partial charge is 0.324 e. The molecular formula is C6H13NO3. The first-order valence-electron chi connectivity index (χ1n) is 2.84. The molecule has 0 aliphatic heterocycles. The van der Waals surface area contributed by atoms with Gasteiger partial charge in [0, 0.05) is 21.3 Å². The Kier molecular flexibility index (Phi) is 3.49. The van der Waals surface area contributed by atoms with Gasteiger partial charge in [0.05, 0.1) is 5.71 Å². The highest BCUT2D eigenvalue weighted by Crippen LogP contribution is 2.12. The van der Waals surface area contributed by atoms with Crippen LogP contribution in [-0.4, -0.2) is 33.0 Å². The topological polar surface area (TPSA) is 51.5 Å². The van der Waals surface area contributed by atoms with Crippen LogP contribution in [0.1, 0.15) is 6.92 Å². The summed E-state index contributed by atoms with van der Waals surface area (Å²) in [6, 6.07) is 0. The first kappa shape index (κ1) is 9.55. The van der Waals surface area contributed by atoms with Gasteiger partial charge in [-0.2, -0.15) is 0 Å². The van der Waals surface area contributed by atoms with Gasteiger partial charge < -0.3 is 19.6 Å². The Morgan fingerprint density at radius 2 is 1.40 bits per heavy atom. The maximum atomic E-state index is 7.22. The minimum atomic E-state index is -1.29. The molecule has 0 aromatic heterocycles. The van der Waals surface area contributed by atoms with Crippen LogP contribution >= 0.6 is 0 Å². The summed E-state index contributed by atoms with van der Waals surface area (Å²) in [6.45, 7) is 1.55. The van der Waals surface area contributed by atoms with Crippen LogP contribution in [0.5, 0.6) is 0 Å². The third kappa shape index (κ3) is 1.53. The molecule has 0 aliphatic carbocycles. The highest BCUT2D eigenvalue weighted by molar-refractivity contribution is 5.84. The van der Waals surface area contributed by atoms with Crippen molar-refractivity contribution in [3.8, 4) is 0 Å². The molecule has 0 aromatic carbocycles. The van der Waals surface area contributed by atoms with E-state index in [9.17, 15) is 0 Å². The highest BCUT2D eigenvalue weighted by Gasteiger charge is 2.32. The fourth-order valence-corrected chi connectivity index (χ4v) is 0.709. The van der Waals surface area contributed by atoms with E-state index in [-0.39, 0.29) is 5.71 Å². The van der Waals surface area contributed by atoms with Crippen molar-refractivity contribution in [1.82, 2.24) is 0 Å². The Morgan fingerprint density at radius 3 is 1.40 bits per heavy atom. The van der Waals surface area contributed by atoms with Crippen LogP contribution in [-0.2, 0) is 14.2 Å². The van der Waals surface area contributed by atoms with E-state index in [0.717, 1.165) is 0 Å². The molecule has 0 aromatic rings. The van der Waals surface area contributed by atoms with E-state index in [0.29, 0.717) is 0 Å². The van der Waals surface area contributed by atoms with E-state index in [4.69, 9.17) is 19.6 Å². The minimum absolute atomic E-state index is 0.181. The Bertz CT molecular complexity index is 112. The van der Waals surface area contributed by atoms with Crippen LogP contribution in [0.3, 0.4) is 0 Å². The summed E-state index contributed by atoms with van der Waals surface area (Å²) in [5, 5.41) is 7.22. The van der Waals surface area contributed by atoms with Crippen LogP contribution in [0.25, 0.3) is 0 Å². The van der Waals surface area contributed by atoms with E-state index in [1.165, 1.54) is 21.3 Å². The lowest BCUT2D eigenvalue weighted by atomic mass is 10.3. The van der Waals surface area contributed by atoms with Gasteiger partial charge in [-0.25, -0.2) is 0 Å². The highest BCUT2D eigenvalue weighted by atomic mass is 16.9. The standard InChI is InChI=1S/C6H13NO3/c1-5(7)6(8-2,9-3)10-4/h7H,1-4H3. The molecule has 0 heterocycles. The number of methoxy groups -OCH3 is 3. The predicted octanol–water partition coefficient (Wildman–Crippen LogP) is 0.619. The maximum absolute atomic E-state index is 7.22. The zero-order valence-electron chi connectivity index (χ0n) is 6.72. The van der Waals surface area contributed by atoms with Gasteiger partial charge in [0.25, 0.3) is 0 Å². The van der Waals surface area contributed by atoms with Crippen molar-refractivity contribution in [2.75, 3.05) is 21.3 Å². The first-order valence-corrected chi connectivity index (χ1v) is 2.84. The Morgan fingerprint density at radius 1 is 1.10 bits per heavy atom. The molecule has 0 saturated heterocycles. The third-order valence-electron chi connectivity index (χ3n) is 1.27. The van der Waals surface area contributed by atoms with Gasteiger partial charge in [0.2, 0.25) is 0 Å². The summed E-state index contributed by atoms with van der Waals surface area (Å²) in [4.78, 5) is 0. The van der Waals surface area contributed by atoms with Crippen molar-refractivity contribution in [3.63, 3.8) is 0 Å². The van der Waals surface area contributed by atoms with Crippen molar-refractivity contribution in [2.24, 2.45) is 0 Å². The van der Waals surface area contributed by atoms with Crippen molar-refractivity contribution < 1.29 is 14.2 Å². The molecule has 60 valence electrons. The summed E-state index contributed by atoms with van der Waals surface area (Å²) in [6.07, 6.45) is 0. The molecule has 0 atom stereocenters. The van der Waals surface area contributed by atoms with Crippen molar-refractivity contribution >= 4 is 5.71 Å². The van der Waals surface area contributed by atoms with E-state index in [1.807, 2.05) is 0 Å². The van der Waals surface area contributed by atoms with E-state index in [1.54, 1.807) is 6.92 Å². The zero-order valence-corrected chi connectivity index (χ0v) is 6.72. The summed E-state index contributed by atoms with van der Waals surface area (Å²) in [7, 11) is 4.26. The Hall–Kier alpha value is -0.450. The molecule has 4 heteroatoms. The van der Waals surface area contributed by atoms with Gasteiger partial charge in [-0.3, -0.25) is 0 Å². The molecule has 0 fully saturated rings. The maximum Gasteiger partial charge on any atom is 0.324 e. The van der Waals surface area contributed by atoms with Crippen molar-refractivity contribution in [1.29, 1.82) is 5.41 Å². The normalized spacial score (nSPS) is 11.6. The predicted molar refractivity (Wildman–Crippen MR) is 37.2 cm³/mol. The number of ether oxygens (including phenoxy) is 3. The van der Waals surface area contributed by atoms with Crippen LogP contribution in [0.15, 0.2) is 0 Å². The van der Waals surface area contributed by atoms with Gasteiger partial charge in [-0.1, -0.05) is 0 Å². The monoisotopic (exact) mass is 147 g/mol. The van der Waals surface area contributed by atoms with E-state index >= 15 is 0 Å². The summed E-state index contributed by atoms with van der Waals surface area (Å²) in [5.74, 6) is -1.29. The van der Waals surface area contributed by atoms with E-state index in [2.05, 4.69) is 0 Å². The van der Waals surface area contributed by atoms with Gasteiger partial charge in [0.1, 0.15) is 0 Å². The fraction of sp³-hybridized carbons (Fsp3) is 0.833. The van der Waals surface area contributed by atoms with Crippen LogP contribution in [0, 0.1) is 5.41 Å². The largest absolute Gasteiger partial charge is 0.326 e. The summed E-state index contributed by atoms with van der Waals surface area (Å²) < 4.78 is 14.5. The quantitative estimate of drug-likeness (QED) is 0.468. The molecule has 1 N–H and O–H groups in total. The summed E-state index contributed by atoms with van der Waals surface area (Å²) >= 11 is 0. The molecule has 10 heavy (non-hydrogen) atoms. The lowest BCUT2D eigenvalue weighted by molar-refractivity contribution is -0.303. The fourth-order valence-electron chi connectivity index (χ4n) is 0.709. The Balaban J connectivity index is 4.31. The average molecular weight is 147 g/mol. The van der Waals surface area contributed by atoms with Crippen molar-refractivity contribution in [3.05, 3.63) is 0 Å². The molecule has 0 rings (SSSR count). The molecular weight excluding hydrogens is 134 g/mol. The average Bonchev–Trinajstić information content (AvgIpc) is 1.92. The van der Waals surface area contributed by atoms with Gasteiger partial charge in [-0.05, 0) is 6.92 Å². The molecule has 0 radical (unpaired) electrons. The minimum Gasteiger partial charge on any atom is -0.326 e. The molecule has 4 nitrogen and oxygen atoms in total. The second kappa shape index (κ2) is 3.65. The number of nitrogens with one attached hydrogen (secondary N) is 1.